The van der Waals surface area contributed by atoms with Crippen molar-refractivity contribution in [1.29, 1.82) is 5.41 Å². The molecule has 30 heavy (non-hydrogen) atoms. The zero-order valence-corrected chi connectivity index (χ0v) is 18.0. The Morgan fingerprint density at radius 2 is 2.13 bits per heavy atom. The molecule has 0 amide bonds. The fourth-order valence-electron chi connectivity index (χ4n) is 3.43. The first-order valence-corrected chi connectivity index (χ1v) is 9.76. The molecule has 0 fully saturated rings. The number of benzene rings is 1. The molecule has 0 aliphatic carbocycles. The van der Waals surface area contributed by atoms with Gasteiger partial charge in [-0.25, -0.2) is 0 Å². The van der Waals surface area contributed by atoms with Crippen LogP contribution in [0.3, 0.4) is 0 Å². The van der Waals surface area contributed by atoms with Crippen LogP contribution in [0.5, 0.6) is 5.75 Å². The zero-order chi connectivity index (χ0) is 21.8. The van der Waals surface area contributed by atoms with Crippen molar-refractivity contribution in [3.63, 3.8) is 0 Å². The summed E-state index contributed by atoms with van der Waals surface area (Å²) >= 11 is 0. The van der Waals surface area contributed by atoms with Gasteiger partial charge in [0.15, 0.2) is 0 Å². The highest BCUT2D eigenvalue weighted by atomic mass is 16.5. The molecule has 1 aromatic heterocycles. The first-order chi connectivity index (χ1) is 14.4. The molecular weight excluding hydrogens is 380 g/mol. The van der Waals surface area contributed by atoms with Crippen molar-refractivity contribution < 1.29 is 14.0 Å². The van der Waals surface area contributed by atoms with Gasteiger partial charge in [0, 0.05) is 35.8 Å². The summed E-state index contributed by atoms with van der Waals surface area (Å²) in [5.74, 6) is 1.77. The molecule has 0 unspecified atom stereocenters. The lowest BCUT2D eigenvalue weighted by atomic mass is 10.1. The van der Waals surface area contributed by atoms with Crippen LogP contribution in [-0.4, -0.2) is 42.8 Å². The quantitative estimate of drug-likeness (QED) is 0.553. The highest BCUT2D eigenvalue weighted by Crippen LogP contribution is 2.39. The number of ether oxygens (including phenoxy) is 2. The molecule has 0 radical (unpaired) electrons. The largest absolute Gasteiger partial charge is 0.497 e. The molecule has 7 nitrogen and oxygen atoms in total. The van der Waals surface area contributed by atoms with Crippen LogP contribution >= 0.6 is 0 Å². The van der Waals surface area contributed by atoms with Crippen molar-refractivity contribution in [3.8, 4) is 5.75 Å². The summed E-state index contributed by atoms with van der Waals surface area (Å²) in [7, 11) is 1.63. The third-order valence-electron chi connectivity index (χ3n) is 5.10. The molecule has 0 saturated heterocycles. The number of aryl methyl sites for hydroxylation is 1. The van der Waals surface area contributed by atoms with Gasteiger partial charge in [0.1, 0.15) is 29.6 Å². The number of nitrogens with zero attached hydrogens (tertiary/aromatic N) is 3. The third kappa shape index (κ3) is 4.02. The Kier molecular flexibility index (Phi) is 6.42. The topological polar surface area (TPSA) is 74.8 Å². The number of allylic oxidation sites excluding steroid dienone is 1. The molecule has 1 aliphatic rings. The summed E-state index contributed by atoms with van der Waals surface area (Å²) in [6, 6.07) is 7.69. The van der Waals surface area contributed by atoms with E-state index in [0.717, 1.165) is 34.0 Å². The van der Waals surface area contributed by atoms with Crippen molar-refractivity contribution in [3.05, 3.63) is 66.3 Å². The van der Waals surface area contributed by atoms with E-state index in [0.29, 0.717) is 30.4 Å². The molecule has 1 aliphatic heterocycles. The van der Waals surface area contributed by atoms with Gasteiger partial charge in [0.05, 0.1) is 19.3 Å². The third-order valence-corrected chi connectivity index (χ3v) is 5.10. The molecular formula is C23H28N4O3. The second-order valence-electron chi connectivity index (χ2n) is 6.95. The summed E-state index contributed by atoms with van der Waals surface area (Å²) in [5.41, 5.74) is 5.04. The van der Waals surface area contributed by atoms with Crippen LogP contribution < -0.4 is 9.64 Å². The number of nitrogens with one attached hydrogen (secondary N) is 1. The molecule has 2 aromatic rings. The standard InChI is InChI=1S/C23H28N4O3/c1-7-26-21-10-9-18(28-6)12-19(21)17(5)27(23(24)14-29-8-2)13-22(26)16(4)20-11-15(3)30-25-20/h7,9-12,24H,1,5,8,13-14H2,2-4,6H3/b22-16+,24-23?. The second kappa shape index (κ2) is 9.00. The number of rotatable bonds is 6. The maximum atomic E-state index is 8.62. The number of anilines is 1. The van der Waals surface area contributed by atoms with E-state index < -0.39 is 0 Å². The Morgan fingerprint density at radius 3 is 2.73 bits per heavy atom. The Bertz CT molecular complexity index is 1010. The molecule has 0 saturated carbocycles. The molecule has 7 heteroatoms. The van der Waals surface area contributed by atoms with E-state index in [1.165, 1.54) is 0 Å². The van der Waals surface area contributed by atoms with Gasteiger partial charge in [-0.15, -0.1) is 0 Å². The van der Waals surface area contributed by atoms with Gasteiger partial charge in [-0.1, -0.05) is 18.3 Å². The summed E-state index contributed by atoms with van der Waals surface area (Å²) in [6.07, 6.45) is 1.76. The van der Waals surface area contributed by atoms with Crippen molar-refractivity contribution in [2.75, 3.05) is 31.8 Å². The van der Waals surface area contributed by atoms with Gasteiger partial charge >= 0.3 is 0 Å². The lowest BCUT2D eigenvalue weighted by molar-refractivity contribution is 0.181. The van der Waals surface area contributed by atoms with Gasteiger partial charge in [-0.2, -0.15) is 0 Å². The van der Waals surface area contributed by atoms with Crippen molar-refractivity contribution >= 4 is 22.8 Å². The molecule has 3 rings (SSSR count). The Labute approximate surface area is 177 Å². The van der Waals surface area contributed by atoms with E-state index in [4.69, 9.17) is 19.4 Å². The van der Waals surface area contributed by atoms with Crippen LogP contribution in [0.1, 0.15) is 30.9 Å². The van der Waals surface area contributed by atoms with E-state index in [2.05, 4.69) is 18.3 Å². The zero-order valence-electron chi connectivity index (χ0n) is 18.0. The van der Waals surface area contributed by atoms with Gasteiger partial charge < -0.3 is 23.8 Å². The van der Waals surface area contributed by atoms with Crippen molar-refractivity contribution in [1.82, 2.24) is 10.1 Å². The van der Waals surface area contributed by atoms with Gasteiger partial charge in [0.25, 0.3) is 0 Å². The Morgan fingerprint density at radius 1 is 1.37 bits per heavy atom. The van der Waals surface area contributed by atoms with Crippen LogP contribution in [0.4, 0.5) is 5.69 Å². The minimum atomic E-state index is 0.193. The van der Waals surface area contributed by atoms with Gasteiger partial charge in [-0.05, 0) is 44.5 Å². The minimum absolute atomic E-state index is 0.193. The van der Waals surface area contributed by atoms with Crippen molar-refractivity contribution in [2.24, 2.45) is 0 Å². The molecule has 1 N–H and O–H groups in total. The fraction of sp³-hybridized carbons (Fsp3) is 0.304. The molecule has 0 bridgehead atoms. The van der Waals surface area contributed by atoms with Crippen LogP contribution in [0.25, 0.3) is 11.3 Å². The van der Waals surface area contributed by atoms with Gasteiger partial charge in [-0.3, -0.25) is 5.41 Å². The summed E-state index contributed by atoms with van der Waals surface area (Å²) in [5, 5.41) is 12.8. The highest BCUT2D eigenvalue weighted by Gasteiger charge is 2.29. The number of fused-ring (bicyclic) bond motifs is 1. The summed E-state index contributed by atoms with van der Waals surface area (Å²) in [4.78, 5) is 3.86. The maximum Gasteiger partial charge on any atom is 0.134 e. The minimum Gasteiger partial charge on any atom is -0.497 e. The number of aromatic nitrogens is 1. The smallest absolute Gasteiger partial charge is 0.134 e. The first-order valence-electron chi connectivity index (χ1n) is 9.76. The van der Waals surface area contributed by atoms with E-state index >= 15 is 0 Å². The Balaban J connectivity index is 2.20. The van der Waals surface area contributed by atoms with E-state index in [9.17, 15) is 0 Å². The molecule has 0 atom stereocenters. The maximum absolute atomic E-state index is 8.62. The average molecular weight is 409 g/mol. The average Bonchev–Trinajstić information content (AvgIpc) is 3.15. The van der Waals surface area contributed by atoms with Crippen molar-refractivity contribution in [2.45, 2.75) is 20.8 Å². The SMILES string of the molecule is C=CN1/C(=C(\C)c2cc(C)on2)CN(C(=N)COCC)C(=C)c2cc(OC)ccc21. The molecule has 0 spiro atoms. The monoisotopic (exact) mass is 408 g/mol. The number of hydrogen-bond donors (Lipinski definition) is 1. The predicted molar refractivity (Wildman–Crippen MR) is 119 cm³/mol. The van der Waals surface area contributed by atoms with Crippen LogP contribution in [0, 0.1) is 12.3 Å². The number of amidine groups is 1. The first kappa shape index (κ1) is 21.4. The highest BCUT2D eigenvalue weighted by molar-refractivity contribution is 5.94. The second-order valence-corrected chi connectivity index (χ2v) is 6.95. The van der Waals surface area contributed by atoms with E-state index in [-0.39, 0.29) is 6.61 Å². The normalized spacial score (nSPS) is 15.5. The summed E-state index contributed by atoms with van der Waals surface area (Å²) < 4.78 is 16.2. The number of hydrogen-bond acceptors (Lipinski definition) is 6. The van der Waals surface area contributed by atoms with Crippen LogP contribution in [0.2, 0.25) is 0 Å². The van der Waals surface area contributed by atoms with Gasteiger partial charge in [0.2, 0.25) is 0 Å². The van der Waals surface area contributed by atoms with E-state index in [1.807, 2.05) is 54.8 Å². The molecule has 1 aromatic carbocycles. The fourth-order valence-corrected chi connectivity index (χ4v) is 3.43. The summed E-state index contributed by atoms with van der Waals surface area (Å²) in [6.45, 7) is 15.2. The van der Waals surface area contributed by atoms with Crippen LogP contribution in [-0.2, 0) is 4.74 Å². The van der Waals surface area contributed by atoms with E-state index in [1.54, 1.807) is 13.3 Å². The lowest BCUT2D eigenvalue weighted by Crippen LogP contribution is -2.34. The molecule has 2 heterocycles. The number of methoxy groups -OCH3 is 1. The Hall–Kier alpha value is -3.32. The molecule has 158 valence electrons. The van der Waals surface area contributed by atoms with Crippen LogP contribution in [0.15, 0.2) is 53.8 Å². The predicted octanol–water partition coefficient (Wildman–Crippen LogP) is 4.67. The lowest BCUT2D eigenvalue weighted by Gasteiger charge is -2.28.